The Kier molecular flexibility index (Phi) is 4.53. The number of halogens is 2. The molecule has 5 heteroatoms. The predicted octanol–water partition coefficient (Wildman–Crippen LogP) is 5.25. The molecule has 2 amide bonds. The van der Waals surface area contributed by atoms with Gasteiger partial charge < -0.3 is 10.6 Å². The summed E-state index contributed by atoms with van der Waals surface area (Å²) in [6, 6.07) is 10.4. The minimum atomic E-state index is -0.358. The van der Waals surface area contributed by atoms with Gasteiger partial charge in [0, 0.05) is 10.7 Å². The van der Waals surface area contributed by atoms with Crippen molar-refractivity contribution in [1.82, 2.24) is 0 Å². The second kappa shape index (κ2) is 6.16. The van der Waals surface area contributed by atoms with Gasteiger partial charge in [-0.25, -0.2) is 4.79 Å². The van der Waals surface area contributed by atoms with Crippen molar-refractivity contribution in [2.24, 2.45) is 0 Å². The van der Waals surface area contributed by atoms with Gasteiger partial charge >= 0.3 is 6.03 Å². The smallest absolute Gasteiger partial charge is 0.307 e. The van der Waals surface area contributed by atoms with Gasteiger partial charge in [0.2, 0.25) is 0 Å². The van der Waals surface area contributed by atoms with Crippen LogP contribution in [0.5, 0.6) is 0 Å². The third-order valence-electron chi connectivity index (χ3n) is 2.82. The summed E-state index contributed by atoms with van der Waals surface area (Å²) < 4.78 is 0. The number of urea groups is 1. The SMILES string of the molecule is Cc1ccc(C)c(NC(=O)Nc2cc(Cl)ccc2Cl)c1. The number of benzene rings is 2. The number of carbonyl (C=O) groups is 1. The fourth-order valence-corrected chi connectivity index (χ4v) is 2.08. The summed E-state index contributed by atoms with van der Waals surface area (Å²) in [4.78, 5) is 12.0. The molecule has 0 bridgehead atoms. The highest BCUT2D eigenvalue weighted by atomic mass is 35.5. The van der Waals surface area contributed by atoms with E-state index >= 15 is 0 Å². The molecule has 2 rings (SSSR count). The summed E-state index contributed by atoms with van der Waals surface area (Å²) in [6.07, 6.45) is 0. The van der Waals surface area contributed by atoms with Gasteiger partial charge in [-0.15, -0.1) is 0 Å². The number of anilines is 2. The Bertz CT molecular complexity index is 601. The van der Waals surface area contributed by atoms with Crippen LogP contribution in [-0.4, -0.2) is 6.03 Å². The molecule has 0 spiro atoms. The van der Waals surface area contributed by atoms with Crippen molar-refractivity contribution in [1.29, 1.82) is 0 Å². The van der Waals surface area contributed by atoms with Crippen molar-refractivity contribution in [3.05, 3.63) is 57.6 Å². The zero-order chi connectivity index (χ0) is 14.7. The van der Waals surface area contributed by atoms with Crippen molar-refractivity contribution in [3.63, 3.8) is 0 Å². The number of rotatable bonds is 2. The van der Waals surface area contributed by atoms with Crippen molar-refractivity contribution >= 4 is 40.6 Å². The molecule has 104 valence electrons. The molecule has 2 aromatic rings. The predicted molar refractivity (Wildman–Crippen MR) is 85.0 cm³/mol. The molecule has 0 unspecified atom stereocenters. The van der Waals surface area contributed by atoms with Crippen molar-refractivity contribution in [3.8, 4) is 0 Å². The monoisotopic (exact) mass is 308 g/mol. The second-order valence-electron chi connectivity index (χ2n) is 4.52. The normalized spacial score (nSPS) is 10.2. The van der Waals surface area contributed by atoms with Crippen LogP contribution in [0.4, 0.5) is 16.2 Å². The van der Waals surface area contributed by atoms with Crippen LogP contribution in [0.2, 0.25) is 10.0 Å². The van der Waals surface area contributed by atoms with Gasteiger partial charge in [-0.3, -0.25) is 0 Å². The number of carbonyl (C=O) groups excluding carboxylic acids is 1. The largest absolute Gasteiger partial charge is 0.323 e. The van der Waals surface area contributed by atoms with Gasteiger partial charge in [-0.2, -0.15) is 0 Å². The molecular weight excluding hydrogens is 295 g/mol. The zero-order valence-corrected chi connectivity index (χ0v) is 12.6. The van der Waals surface area contributed by atoms with E-state index in [2.05, 4.69) is 10.6 Å². The Labute approximate surface area is 127 Å². The highest BCUT2D eigenvalue weighted by Gasteiger charge is 2.08. The first-order valence-corrected chi connectivity index (χ1v) is 6.81. The lowest BCUT2D eigenvalue weighted by atomic mass is 10.1. The Morgan fingerprint density at radius 3 is 2.40 bits per heavy atom. The summed E-state index contributed by atoms with van der Waals surface area (Å²) in [5.41, 5.74) is 3.30. The zero-order valence-electron chi connectivity index (χ0n) is 11.1. The second-order valence-corrected chi connectivity index (χ2v) is 5.37. The summed E-state index contributed by atoms with van der Waals surface area (Å²) in [5.74, 6) is 0. The van der Waals surface area contributed by atoms with Crippen molar-refractivity contribution < 1.29 is 4.79 Å². The minimum Gasteiger partial charge on any atom is -0.307 e. The first kappa shape index (κ1) is 14.7. The van der Waals surface area contributed by atoms with Crippen LogP contribution < -0.4 is 10.6 Å². The van der Waals surface area contributed by atoms with E-state index in [-0.39, 0.29) is 6.03 Å². The molecule has 0 aromatic heterocycles. The van der Waals surface area contributed by atoms with Crippen LogP contribution in [0.15, 0.2) is 36.4 Å². The number of aryl methyl sites for hydroxylation is 2. The first-order chi connectivity index (χ1) is 9.45. The van der Waals surface area contributed by atoms with E-state index in [1.807, 2.05) is 32.0 Å². The molecule has 0 aliphatic carbocycles. The Morgan fingerprint density at radius 2 is 1.65 bits per heavy atom. The third-order valence-corrected chi connectivity index (χ3v) is 3.38. The van der Waals surface area contributed by atoms with Crippen LogP contribution in [0.3, 0.4) is 0 Å². The van der Waals surface area contributed by atoms with E-state index in [1.165, 1.54) is 0 Å². The standard InChI is InChI=1S/C15H14Cl2N2O/c1-9-3-4-10(2)13(7-9)18-15(20)19-14-8-11(16)5-6-12(14)17/h3-8H,1-2H3,(H2,18,19,20). The van der Waals surface area contributed by atoms with Gasteiger partial charge in [0.05, 0.1) is 10.7 Å². The molecule has 0 aliphatic rings. The number of hydrogen-bond acceptors (Lipinski definition) is 1. The third kappa shape index (κ3) is 3.65. The summed E-state index contributed by atoms with van der Waals surface area (Å²) in [6.45, 7) is 3.90. The summed E-state index contributed by atoms with van der Waals surface area (Å²) in [7, 11) is 0. The molecule has 3 nitrogen and oxygen atoms in total. The molecule has 0 saturated heterocycles. The maximum atomic E-state index is 12.0. The van der Waals surface area contributed by atoms with E-state index in [0.29, 0.717) is 15.7 Å². The van der Waals surface area contributed by atoms with E-state index in [0.717, 1.165) is 16.8 Å². The van der Waals surface area contributed by atoms with Crippen LogP contribution in [0.25, 0.3) is 0 Å². The Hall–Kier alpha value is -1.71. The molecule has 0 saturated carbocycles. The highest BCUT2D eigenvalue weighted by Crippen LogP contribution is 2.25. The molecular formula is C15H14Cl2N2O. The Morgan fingerprint density at radius 1 is 0.950 bits per heavy atom. The van der Waals surface area contributed by atoms with Gasteiger partial charge in [-0.05, 0) is 49.2 Å². The summed E-state index contributed by atoms with van der Waals surface area (Å²) in [5, 5.41) is 6.42. The molecule has 2 aromatic carbocycles. The van der Waals surface area contributed by atoms with Crippen LogP contribution in [0, 0.1) is 13.8 Å². The molecule has 2 N–H and O–H groups in total. The highest BCUT2D eigenvalue weighted by molar-refractivity contribution is 6.35. The summed E-state index contributed by atoms with van der Waals surface area (Å²) >= 11 is 11.9. The lowest BCUT2D eigenvalue weighted by molar-refractivity contribution is 0.262. The fourth-order valence-electron chi connectivity index (χ4n) is 1.74. The number of nitrogens with one attached hydrogen (secondary N) is 2. The molecule has 0 aliphatic heterocycles. The van der Waals surface area contributed by atoms with E-state index in [1.54, 1.807) is 18.2 Å². The average molecular weight is 309 g/mol. The lowest BCUT2D eigenvalue weighted by Gasteiger charge is -2.11. The van der Waals surface area contributed by atoms with Gasteiger partial charge in [0.25, 0.3) is 0 Å². The topological polar surface area (TPSA) is 41.1 Å². The number of amides is 2. The van der Waals surface area contributed by atoms with Crippen LogP contribution in [-0.2, 0) is 0 Å². The maximum Gasteiger partial charge on any atom is 0.323 e. The van der Waals surface area contributed by atoms with Crippen LogP contribution >= 0.6 is 23.2 Å². The molecule has 0 fully saturated rings. The quantitative estimate of drug-likeness (QED) is 0.781. The fraction of sp³-hybridized carbons (Fsp3) is 0.133. The van der Waals surface area contributed by atoms with E-state index in [4.69, 9.17) is 23.2 Å². The average Bonchev–Trinajstić information content (AvgIpc) is 2.38. The van der Waals surface area contributed by atoms with Crippen molar-refractivity contribution in [2.75, 3.05) is 10.6 Å². The van der Waals surface area contributed by atoms with Gasteiger partial charge in [0.1, 0.15) is 0 Å². The molecule has 20 heavy (non-hydrogen) atoms. The lowest BCUT2D eigenvalue weighted by Crippen LogP contribution is -2.20. The van der Waals surface area contributed by atoms with E-state index < -0.39 is 0 Å². The first-order valence-electron chi connectivity index (χ1n) is 6.06. The van der Waals surface area contributed by atoms with Gasteiger partial charge in [0.15, 0.2) is 0 Å². The number of hydrogen-bond donors (Lipinski definition) is 2. The minimum absolute atomic E-state index is 0.358. The Balaban J connectivity index is 2.13. The van der Waals surface area contributed by atoms with Crippen molar-refractivity contribution in [2.45, 2.75) is 13.8 Å². The molecule has 0 radical (unpaired) electrons. The van der Waals surface area contributed by atoms with Crippen LogP contribution in [0.1, 0.15) is 11.1 Å². The van der Waals surface area contributed by atoms with Gasteiger partial charge in [-0.1, -0.05) is 35.3 Å². The maximum absolute atomic E-state index is 12.0. The molecule has 0 heterocycles. The van der Waals surface area contributed by atoms with E-state index in [9.17, 15) is 4.79 Å². The molecule has 0 atom stereocenters.